The van der Waals surface area contributed by atoms with Gasteiger partial charge in [0.1, 0.15) is 11.5 Å². The number of aliphatic carboxylic acids is 2. The Balaban J connectivity index is 0.000000345. The van der Waals surface area contributed by atoms with E-state index >= 15 is 0 Å². The summed E-state index contributed by atoms with van der Waals surface area (Å²) in [6, 6.07) is 13.4. The van der Waals surface area contributed by atoms with Crippen molar-refractivity contribution >= 4 is 23.4 Å². The first kappa shape index (κ1) is 34.7. The van der Waals surface area contributed by atoms with E-state index in [0.29, 0.717) is 30.3 Å². The van der Waals surface area contributed by atoms with E-state index in [-0.39, 0.29) is 5.91 Å². The molecule has 46 heavy (non-hydrogen) atoms. The Kier molecular flexibility index (Phi) is 11.1. The molecule has 242 valence electrons. The van der Waals surface area contributed by atoms with Gasteiger partial charge in [-0.05, 0) is 48.4 Å². The first-order chi connectivity index (χ1) is 21.6. The molecule has 0 atom stereocenters. The molecule has 18 heteroatoms. The number of carbonyl (C=O) groups is 3. The van der Waals surface area contributed by atoms with Crippen LogP contribution in [-0.2, 0) is 22.7 Å². The quantitative estimate of drug-likeness (QED) is 0.224. The number of pyridine rings is 3. The Morgan fingerprint density at radius 2 is 1.46 bits per heavy atom. The van der Waals surface area contributed by atoms with Gasteiger partial charge >= 0.3 is 24.3 Å². The van der Waals surface area contributed by atoms with Gasteiger partial charge in [0, 0.05) is 50.3 Å². The van der Waals surface area contributed by atoms with Gasteiger partial charge in [-0.3, -0.25) is 19.2 Å². The summed E-state index contributed by atoms with van der Waals surface area (Å²) in [6.07, 6.45) is 0.690. The van der Waals surface area contributed by atoms with Crippen molar-refractivity contribution in [3.05, 3.63) is 102 Å². The van der Waals surface area contributed by atoms with Gasteiger partial charge in [0.05, 0.1) is 5.52 Å². The van der Waals surface area contributed by atoms with Gasteiger partial charge in [-0.25, -0.2) is 19.6 Å². The number of carboxylic acid groups (broad SMARTS) is 2. The molecule has 0 saturated heterocycles. The summed E-state index contributed by atoms with van der Waals surface area (Å²) in [5.74, 6) is -4.26. The molecule has 0 fully saturated rings. The van der Waals surface area contributed by atoms with Gasteiger partial charge in [0.2, 0.25) is 0 Å². The molecule has 5 aromatic rings. The third kappa shape index (κ3) is 9.60. The molecule has 5 aromatic heterocycles. The first-order valence-electron chi connectivity index (χ1n) is 12.8. The number of nitrogens with zero attached hydrogens (tertiary/aromatic N) is 6. The van der Waals surface area contributed by atoms with Crippen LogP contribution < -0.4 is 5.32 Å². The minimum absolute atomic E-state index is 0.239. The molecule has 0 aliphatic rings. The summed E-state index contributed by atoms with van der Waals surface area (Å²) in [7, 11) is 0. The fourth-order valence-electron chi connectivity index (χ4n) is 3.62. The van der Waals surface area contributed by atoms with E-state index in [1.54, 1.807) is 24.8 Å². The minimum atomic E-state index is -5.08. The fraction of sp³-hybridized carbons (Fsp3) is 0.179. The molecule has 0 aromatic carbocycles. The van der Waals surface area contributed by atoms with Crippen molar-refractivity contribution in [2.45, 2.75) is 32.4 Å². The van der Waals surface area contributed by atoms with Crippen molar-refractivity contribution in [2.75, 3.05) is 0 Å². The average Bonchev–Trinajstić information content (AvgIpc) is 3.57. The fourth-order valence-corrected chi connectivity index (χ4v) is 3.62. The number of carboxylic acids is 2. The van der Waals surface area contributed by atoms with Gasteiger partial charge in [0.25, 0.3) is 5.91 Å². The van der Waals surface area contributed by atoms with Gasteiger partial charge in [-0.1, -0.05) is 12.1 Å². The zero-order valence-corrected chi connectivity index (χ0v) is 23.5. The average molecular weight is 652 g/mol. The Labute approximate surface area is 255 Å². The second-order valence-corrected chi connectivity index (χ2v) is 9.05. The third-order valence-electron chi connectivity index (χ3n) is 5.73. The number of imidazole rings is 2. The van der Waals surface area contributed by atoms with Crippen LogP contribution in [0.4, 0.5) is 26.3 Å². The molecular weight excluding hydrogens is 628 g/mol. The van der Waals surface area contributed by atoms with Gasteiger partial charge in [-0.2, -0.15) is 26.3 Å². The van der Waals surface area contributed by atoms with Gasteiger partial charge in [0.15, 0.2) is 11.5 Å². The summed E-state index contributed by atoms with van der Waals surface area (Å²) in [5, 5.41) is 17.2. The van der Waals surface area contributed by atoms with Crippen molar-refractivity contribution in [1.82, 2.24) is 34.2 Å². The van der Waals surface area contributed by atoms with Crippen molar-refractivity contribution < 1.29 is 50.9 Å². The summed E-state index contributed by atoms with van der Waals surface area (Å²) >= 11 is 0. The first-order valence-corrected chi connectivity index (χ1v) is 12.8. The number of hydrogen-bond donors (Lipinski definition) is 3. The van der Waals surface area contributed by atoms with E-state index in [1.165, 1.54) is 0 Å². The zero-order chi connectivity index (χ0) is 34.1. The highest BCUT2D eigenvalue weighted by molar-refractivity contribution is 5.99. The lowest BCUT2D eigenvalue weighted by Gasteiger charge is -2.03. The van der Waals surface area contributed by atoms with Crippen LogP contribution in [0.15, 0.2) is 79.6 Å². The van der Waals surface area contributed by atoms with Crippen molar-refractivity contribution in [2.24, 2.45) is 0 Å². The Morgan fingerprint density at radius 3 is 2.02 bits per heavy atom. The van der Waals surface area contributed by atoms with Crippen LogP contribution in [0.1, 0.15) is 27.4 Å². The molecule has 0 bridgehead atoms. The largest absolute Gasteiger partial charge is 0.490 e. The Bertz CT molecular complexity index is 1770. The lowest BCUT2D eigenvalue weighted by Crippen LogP contribution is -2.23. The maximum absolute atomic E-state index is 13.0. The van der Waals surface area contributed by atoms with Crippen LogP contribution in [0.3, 0.4) is 0 Å². The maximum atomic E-state index is 13.0. The SMILES string of the molecule is Cc1nc(-c2nc(C(=O)NCc3cccnc3)c3ccccn23)cn1Cc1ccncc1.O=C(O)C(F)(F)F.O=C(O)C(F)(F)F. The number of hydrogen-bond acceptors (Lipinski definition) is 7. The normalized spacial score (nSPS) is 11.1. The smallest absolute Gasteiger partial charge is 0.475 e. The minimum Gasteiger partial charge on any atom is -0.475 e. The van der Waals surface area contributed by atoms with Crippen LogP contribution in [0.25, 0.3) is 17.0 Å². The molecular formula is C28H23F6N7O5. The van der Waals surface area contributed by atoms with Crippen LogP contribution in [0, 0.1) is 6.92 Å². The molecule has 1 amide bonds. The Hall–Kier alpha value is -5.81. The number of alkyl halides is 6. The second-order valence-electron chi connectivity index (χ2n) is 9.05. The maximum Gasteiger partial charge on any atom is 0.490 e. The number of aryl methyl sites for hydroxylation is 1. The van der Waals surface area contributed by atoms with E-state index in [2.05, 4.69) is 24.8 Å². The van der Waals surface area contributed by atoms with Crippen molar-refractivity contribution in [3.8, 4) is 11.5 Å². The molecule has 5 heterocycles. The van der Waals surface area contributed by atoms with Crippen LogP contribution in [0.2, 0.25) is 0 Å². The van der Waals surface area contributed by atoms with E-state index in [1.807, 2.05) is 66.2 Å². The Morgan fingerprint density at radius 1 is 0.826 bits per heavy atom. The van der Waals surface area contributed by atoms with Crippen LogP contribution in [0.5, 0.6) is 0 Å². The molecule has 0 aliphatic heterocycles. The molecule has 0 radical (unpaired) electrons. The van der Waals surface area contributed by atoms with Crippen LogP contribution in [-0.4, -0.2) is 69.3 Å². The molecule has 0 saturated carbocycles. The van der Waals surface area contributed by atoms with E-state index in [0.717, 1.165) is 22.5 Å². The zero-order valence-electron chi connectivity index (χ0n) is 23.5. The number of fused-ring (bicyclic) bond motifs is 1. The molecule has 12 nitrogen and oxygen atoms in total. The predicted molar refractivity (Wildman–Crippen MR) is 147 cm³/mol. The topological polar surface area (TPSA) is 165 Å². The number of amides is 1. The summed E-state index contributed by atoms with van der Waals surface area (Å²) in [4.78, 5) is 48.3. The van der Waals surface area contributed by atoms with E-state index in [4.69, 9.17) is 24.8 Å². The van der Waals surface area contributed by atoms with E-state index < -0.39 is 24.3 Å². The van der Waals surface area contributed by atoms with Crippen molar-refractivity contribution in [3.63, 3.8) is 0 Å². The highest BCUT2D eigenvalue weighted by Gasteiger charge is 2.38. The number of halogens is 6. The molecule has 0 spiro atoms. The van der Waals surface area contributed by atoms with Gasteiger partial charge < -0.3 is 20.1 Å². The van der Waals surface area contributed by atoms with Gasteiger partial charge in [-0.15, -0.1) is 0 Å². The number of rotatable bonds is 6. The number of aromatic nitrogens is 6. The molecule has 3 N–H and O–H groups in total. The summed E-state index contributed by atoms with van der Waals surface area (Å²) in [6.45, 7) is 3.03. The number of nitrogens with one attached hydrogen (secondary N) is 1. The van der Waals surface area contributed by atoms with Crippen LogP contribution >= 0.6 is 0 Å². The molecule has 0 unspecified atom stereocenters. The monoisotopic (exact) mass is 651 g/mol. The molecule has 0 aliphatic carbocycles. The number of carbonyl (C=O) groups excluding carboxylic acids is 1. The second kappa shape index (κ2) is 14.8. The lowest BCUT2D eigenvalue weighted by molar-refractivity contribution is -0.193. The van der Waals surface area contributed by atoms with Crippen molar-refractivity contribution in [1.29, 1.82) is 0 Å². The lowest BCUT2D eigenvalue weighted by atomic mass is 10.2. The summed E-state index contributed by atoms with van der Waals surface area (Å²) in [5.41, 5.74) is 3.87. The highest BCUT2D eigenvalue weighted by atomic mass is 19.4. The standard InChI is InChI=1S/C24H21N7O.2C2HF3O2/c1-17-28-20(16-30(17)15-18-7-10-25-11-8-18)23-29-22(21-6-2-3-12-31(21)23)24(32)27-14-19-5-4-9-26-13-19;2*3-2(4,5)1(6)7/h2-13,16H,14-15H2,1H3,(H,27,32);2*(H,6,7). The highest BCUT2D eigenvalue weighted by Crippen LogP contribution is 2.23. The molecule has 5 rings (SSSR count). The van der Waals surface area contributed by atoms with E-state index in [9.17, 15) is 31.1 Å². The predicted octanol–water partition coefficient (Wildman–Crippen LogP) is 4.54. The third-order valence-corrected chi connectivity index (χ3v) is 5.73. The summed E-state index contributed by atoms with van der Waals surface area (Å²) < 4.78 is 67.4.